The fourth-order valence-corrected chi connectivity index (χ4v) is 3.12. The van der Waals surface area contributed by atoms with Gasteiger partial charge in [0.2, 0.25) is 5.91 Å². The second kappa shape index (κ2) is 9.17. The number of alkyl halides is 3. The second-order valence-electron chi connectivity index (χ2n) is 6.81. The maximum absolute atomic E-state index is 13.7. The Hall–Kier alpha value is -3.75. The molecule has 3 aromatic carbocycles. The number of hydrogen-bond acceptors (Lipinski definition) is 2. The molecule has 9 heteroatoms. The highest BCUT2D eigenvalue weighted by molar-refractivity contribution is 6.03. The summed E-state index contributed by atoms with van der Waals surface area (Å²) < 4.78 is 65.5. The van der Waals surface area contributed by atoms with Gasteiger partial charge in [-0.1, -0.05) is 36.4 Å². The topological polar surface area (TPSA) is 58.2 Å². The van der Waals surface area contributed by atoms with Crippen LogP contribution in [0.1, 0.15) is 27.5 Å². The number of rotatable bonds is 5. The zero-order chi connectivity index (χ0) is 23.5. The van der Waals surface area contributed by atoms with E-state index in [0.717, 1.165) is 24.3 Å². The van der Waals surface area contributed by atoms with Crippen molar-refractivity contribution in [2.24, 2.45) is 0 Å². The lowest BCUT2D eigenvalue weighted by Crippen LogP contribution is -2.39. The fourth-order valence-electron chi connectivity index (χ4n) is 3.12. The van der Waals surface area contributed by atoms with Gasteiger partial charge in [0.05, 0.1) is 5.56 Å². The van der Waals surface area contributed by atoms with Crippen molar-refractivity contribution in [1.29, 1.82) is 0 Å². The van der Waals surface area contributed by atoms with Crippen molar-refractivity contribution in [3.05, 3.63) is 95.1 Å². The number of hydrogen-bond donors (Lipinski definition) is 2. The number of likely N-dealkylation sites (N-methyl/N-ethyl adjacent to an activating group) is 1. The number of benzene rings is 3. The highest BCUT2D eigenvalue weighted by Crippen LogP contribution is 2.32. The first-order valence-electron chi connectivity index (χ1n) is 9.36. The van der Waals surface area contributed by atoms with Crippen molar-refractivity contribution in [1.82, 2.24) is 10.6 Å². The molecule has 0 radical (unpaired) electrons. The van der Waals surface area contributed by atoms with Crippen LogP contribution in [0.2, 0.25) is 0 Å². The van der Waals surface area contributed by atoms with Crippen molar-refractivity contribution in [3.63, 3.8) is 0 Å². The van der Waals surface area contributed by atoms with Crippen molar-refractivity contribution < 1.29 is 31.5 Å². The van der Waals surface area contributed by atoms with Crippen LogP contribution in [0.15, 0.2) is 66.7 Å². The van der Waals surface area contributed by atoms with Crippen LogP contribution in [0.5, 0.6) is 0 Å². The van der Waals surface area contributed by atoms with E-state index in [4.69, 9.17) is 0 Å². The van der Waals surface area contributed by atoms with Crippen LogP contribution in [-0.2, 0) is 11.0 Å². The maximum Gasteiger partial charge on any atom is 0.416 e. The van der Waals surface area contributed by atoms with Crippen LogP contribution in [0, 0.1) is 11.6 Å². The number of carbonyl (C=O) groups excluding carboxylic acids is 2. The van der Waals surface area contributed by atoms with Gasteiger partial charge in [-0.15, -0.1) is 0 Å². The minimum atomic E-state index is -4.50. The Morgan fingerprint density at radius 3 is 2.12 bits per heavy atom. The van der Waals surface area contributed by atoms with E-state index in [2.05, 4.69) is 10.6 Å². The lowest BCUT2D eigenvalue weighted by Gasteiger charge is -2.19. The van der Waals surface area contributed by atoms with Gasteiger partial charge in [0.15, 0.2) is 11.6 Å². The molecule has 0 fully saturated rings. The smallest absolute Gasteiger partial charge is 0.357 e. The molecule has 2 amide bonds. The molecular formula is C23H17F5N2O2. The third kappa shape index (κ3) is 4.93. The summed E-state index contributed by atoms with van der Waals surface area (Å²) in [5.74, 6) is -3.69. The lowest BCUT2D eigenvalue weighted by molar-refractivity contribution is -0.137. The van der Waals surface area contributed by atoms with E-state index in [-0.39, 0.29) is 11.1 Å². The third-order valence-electron chi connectivity index (χ3n) is 4.76. The predicted molar refractivity (Wildman–Crippen MR) is 108 cm³/mol. The van der Waals surface area contributed by atoms with Gasteiger partial charge < -0.3 is 10.6 Å². The van der Waals surface area contributed by atoms with E-state index in [1.807, 2.05) is 0 Å². The lowest BCUT2D eigenvalue weighted by atomic mass is 9.97. The van der Waals surface area contributed by atoms with Crippen LogP contribution < -0.4 is 10.6 Å². The number of carbonyl (C=O) groups is 2. The normalized spacial score (nSPS) is 12.2. The first-order chi connectivity index (χ1) is 15.1. The van der Waals surface area contributed by atoms with Crippen LogP contribution >= 0.6 is 0 Å². The summed E-state index contributed by atoms with van der Waals surface area (Å²) in [7, 11) is 1.32. The zero-order valence-corrected chi connectivity index (χ0v) is 16.6. The molecule has 3 rings (SSSR count). The molecule has 0 saturated heterocycles. The quantitative estimate of drug-likeness (QED) is 0.548. The Balaban J connectivity index is 1.95. The standard InChI is InChI=1S/C23H17F5N2O2/c1-29-22(32)20(14-8-11-18(24)19(25)12-14)30-21(31)17-5-3-2-4-16(17)13-6-9-15(10-7-13)23(26,27)28/h2-12,20H,1H3,(H,29,32)(H,30,31). The van der Waals surface area contributed by atoms with Gasteiger partial charge in [0.25, 0.3) is 5.91 Å². The van der Waals surface area contributed by atoms with Crippen molar-refractivity contribution >= 4 is 11.8 Å². The first kappa shape index (κ1) is 22.9. The molecule has 2 N–H and O–H groups in total. The predicted octanol–water partition coefficient (Wildman–Crippen LogP) is 4.87. The molecule has 32 heavy (non-hydrogen) atoms. The average molecular weight is 448 g/mol. The summed E-state index contributed by atoms with van der Waals surface area (Å²) in [5, 5.41) is 4.82. The molecule has 0 bridgehead atoms. The monoisotopic (exact) mass is 448 g/mol. The molecule has 1 unspecified atom stereocenters. The van der Waals surface area contributed by atoms with E-state index < -0.39 is 41.2 Å². The van der Waals surface area contributed by atoms with E-state index in [1.165, 1.54) is 31.3 Å². The third-order valence-corrected chi connectivity index (χ3v) is 4.76. The highest BCUT2D eigenvalue weighted by atomic mass is 19.4. The van der Waals surface area contributed by atoms with E-state index in [1.54, 1.807) is 18.2 Å². The van der Waals surface area contributed by atoms with Crippen LogP contribution in [0.4, 0.5) is 22.0 Å². The summed E-state index contributed by atoms with van der Waals surface area (Å²) in [6.07, 6.45) is -4.50. The summed E-state index contributed by atoms with van der Waals surface area (Å²) in [4.78, 5) is 25.3. The van der Waals surface area contributed by atoms with Gasteiger partial charge in [-0.2, -0.15) is 13.2 Å². The molecule has 0 aliphatic heterocycles. The van der Waals surface area contributed by atoms with Gasteiger partial charge in [0.1, 0.15) is 6.04 Å². The first-order valence-corrected chi connectivity index (χ1v) is 9.36. The Bertz CT molecular complexity index is 1140. The van der Waals surface area contributed by atoms with Crippen LogP contribution in [0.25, 0.3) is 11.1 Å². The molecule has 166 valence electrons. The van der Waals surface area contributed by atoms with Gasteiger partial charge >= 0.3 is 6.18 Å². The molecular weight excluding hydrogens is 431 g/mol. The van der Waals surface area contributed by atoms with Crippen molar-refractivity contribution in [2.45, 2.75) is 12.2 Å². The fraction of sp³-hybridized carbons (Fsp3) is 0.130. The second-order valence-corrected chi connectivity index (χ2v) is 6.81. The molecule has 0 aliphatic carbocycles. The van der Waals surface area contributed by atoms with Gasteiger partial charge in [-0.3, -0.25) is 9.59 Å². The Morgan fingerprint density at radius 2 is 1.53 bits per heavy atom. The molecule has 0 saturated carbocycles. The van der Waals surface area contributed by atoms with Crippen molar-refractivity contribution in [2.75, 3.05) is 7.05 Å². The molecule has 0 heterocycles. The molecule has 0 spiro atoms. The van der Waals surface area contributed by atoms with E-state index in [9.17, 15) is 31.5 Å². The molecule has 1 atom stereocenters. The Kier molecular flexibility index (Phi) is 6.57. The summed E-state index contributed by atoms with van der Waals surface area (Å²) in [6.45, 7) is 0. The van der Waals surface area contributed by atoms with Crippen LogP contribution in [0.3, 0.4) is 0 Å². The zero-order valence-electron chi connectivity index (χ0n) is 16.6. The molecule has 0 aliphatic rings. The largest absolute Gasteiger partial charge is 0.416 e. The number of halogens is 5. The molecule has 0 aromatic heterocycles. The van der Waals surface area contributed by atoms with Gasteiger partial charge in [-0.05, 0) is 47.0 Å². The van der Waals surface area contributed by atoms with E-state index >= 15 is 0 Å². The van der Waals surface area contributed by atoms with Crippen molar-refractivity contribution in [3.8, 4) is 11.1 Å². The maximum atomic E-state index is 13.7. The Labute approximate surface area is 180 Å². The van der Waals surface area contributed by atoms with Gasteiger partial charge in [0, 0.05) is 12.6 Å². The average Bonchev–Trinajstić information content (AvgIpc) is 2.78. The SMILES string of the molecule is CNC(=O)C(NC(=O)c1ccccc1-c1ccc(C(F)(F)F)cc1)c1ccc(F)c(F)c1. The van der Waals surface area contributed by atoms with Crippen LogP contribution in [-0.4, -0.2) is 18.9 Å². The molecule has 3 aromatic rings. The summed E-state index contributed by atoms with van der Waals surface area (Å²) >= 11 is 0. The number of amides is 2. The highest BCUT2D eigenvalue weighted by Gasteiger charge is 2.30. The molecule has 4 nitrogen and oxygen atoms in total. The summed E-state index contributed by atoms with van der Waals surface area (Å²) in [6, 6.07) is 11.9. The minimum Gasteiger partial charge on any atom is -0.357 e. The van der Waals surface area contributed by atoms with E-state index in [0.29, 0.717) is 11.1 Å². The number of nitrogens with one attached hydrogen (secondary N) is 2. The van der Waals surface area contributed by atoms with Gasteiger partial charge in [-0.25, -0.2) is 8.78 Å². The summed E-state index contributed by atoms with van der Waals surface area (Å²) in [5.41, 5.74) is -0.0405. The minimum absolute atomic E-state index is 0.0172. The Morgan fingerprint density at radius 1 is 0.875 bits per heavy atom.